The summed E-state index contributed by atoms with van der Waals surface area (Å²) in [5.41, 5.74) is 6.67. The van der Waals surface area contributed by atoms with Crippen LogP contribution in [-0.4, -0.2) is 10.7 Å². The standard InChI is InChI=1S/C16H22N2S/c17-14-1-2-18-16(8-14)19-9-15-12-4-10-3-11(6-12)7-13(15)5-10/h1-2,8,10-13,15H,3-7,9H2,(H2,17,18). The van der Waals surface area contributed by atoms with Gasteiger partial charge in [-0.05, 0) is 73.8 Å². The summed E-state index contributed by atoms with van der Waals surface area (Å²) < 4.78 is 0. The highest BCUT2D eigenvalue weighted by Crippen LogP contribution is 2.57. The van der Waals surface area contributed by atoms with E-state index in [1.807, 2.05) is 30.1 Å². The Morgan fingerprint density at radius 2 is 1.79 bits per heavy atom. The topological polar surface area (TPSA) is 38.9 Å². The van der Waals surface area contributed by atoms with Crippen LogP contribution in [0.2, 0.25) is 0 Å². The predicted molar refractivity (Wildman–Crippen MR) is 79.9 cm³/mol. The van der Waals surface area contributed by atoms with Gasteiger partial charge in [0.1, 0.15) is 0 Å². The number of anilines is 1. The van der Waals surface area contributed by atoms with Crippen LogP contribution in [0.15, 0.2) is 23.4 Å². The number of hydrogen-bond donors (Lipinski definition) is 1. The van der Waals surface area contributed by atoms with Crippen LogP contribution >= 0.6 is 11.8 Å². The second-order valence-corrected chi connectivity index (χ2v) is 7.87. The molecule has 4 bridgehead atoms. The van der Waals surface area contributed by atoms with Crippen molar-refractivity contribution in [3.63, 3.8) is 0 Å². The lowest BCUT2D eigenvalue weighted by molar-refractivity contribution is -0.0261. The van der Waals surface area contributed by atoms with Gasteiger partial charge in [-0.1, -0.05) is 0 Å². The van der Waals surface area contributed by atoms with Gasteiger partial charge in [0.15, 0.2) is 0 Å². The van der Waals surface area contributed by atoms with E-state index in [1.165, 1.54) is 31.4 Å². The number of nitrogens with zero attached hydrogens (tertiary/aromatic N) is 1. The molecule has 4 aliphatic carbocycles. The predicted octanol–water partition coefficient (Wildman–Crippen LogP) is 3.83. The van der Waals surface area contributed by atoms with Crippen LogP contribution in [0.3, 0.4) is 0 Å². The molecule has 2 nitrogen and oxygen atoms in total. The summed E-state index contributed by atoms with van der Waals surface area (Å²) >= 11 is 1.92. The molecular weight excluding hydrogens is 252 g/mol. The Bertz CT molecular complexity index is 446. The van der Waals surface area contributed by atoms with E-state index in [0.29, 0.717) is 0 Å². The first-order valence-electron chi connectivity index (χ1n) is 7.62. The summed E-state index contributed by atoms with van der Waals surface area (Å²) in [4.78, 5) is 4.42. The highest BCUT2D eigenvalue weighted by Gasteiger charge is 2.47. The summed E-state index contributed by atoms with van der Waals surface area (Å²) in [7, 11) is 0. The molecule has 0 aliphatic heterocycles. The Kier molecular flexibility index (Phi) is 2.98. The molecule has 0 atom stereocenters. The fourth-order valence-corrected chi connectivity index (χ4v) is 6.26. The Balaban J connectivity index is 1.43. The molecule has 0 saturated heterocycles. The molecule has 0 spiro atoms. The van der Waals surface area contributed by atoms with Gasteiger partial charge in [-0.15, -0.1) is 11.8 Å². The van der Waals surface area contributed by atoms with Gasteiger partial charge in [-0.2, -0.15) is 0 Å². The maximum absolute atomic E-state index is 5.83. The quantitative estimate of drug-likeness (QED) is 0.851. The van der Waals surface area contributed by atoms with E-state index in [2.05, 4.69) is 4.98 Å². The van der Waals surface area contributed by atoms with Crippen molar-refractivity contribution < 1.29 is 0 Å². The Morgan fingerprint density at radius 3 is 2.42 bits per heavy atom. The number of rotatable bonds is 3. The second kappa shape index (κ2) is 4.69. The van der Waals surface area contributed by atoms with Gasteiger partial charge in [-0.3, -0.25) is 0 Å². The lowest BCUT2D eigenvalue weighted by atomic mass is 9.52. The van der Waals surface area contributed by atoms with E-state index in [1.54, 1.807) is 6.42 Å². The molecule has 5 rings (SSSR count). The lowest BCUT2D eigenvalue weighted by Gasteiger charge is -2.54. The van der Waals surface area contributed by atoms with Gasteiger partial charge in [0, 0.05) is 17.6 Å². The Labute approximate surface area is 119 Å². The molecule has 4 aliphatic rings. The van der Waals surface area contributed by atoms with Crippen molar-refractivity contribution in [1.82, 2.24) is 4.98 Å². The summed E-state index contributed by atoms with van der Waals surface area (Å²) in [5, 5.41) is 1.11. The number of thioether (sulfide) groups is 1. The van der Waals surface area contributed by atoms with Gasteiger partial charge in [-0.25, -0.2) is 4.98 Å². The van der Waals surface area contributed by atoms with E-state index in [-0.39, 0.29) is 0 Å². The van der Waals surface area contributed by atoms with Crippen LogP contribution in [0.5, 0.6) is 0 Å². The van der Waals surface area contributed by atoms with Crippen LogP contribution in [0.4, 0.5) is 5.69 Å². The summed E-state index contributed by atoms with van der Waals surface area (Å²) in [6.45, 7) is 0. The minimum Gasteiger partial charge on any atom is -0.399 e. The van der Waals surface area contributed by atoms with Crippen molar-refractivity contribution in [2.45, 2.75) is 37.1 Å². The first-order chi connectivity index (χ1) is 9.28. The molecule has 3 heteroatoms. The summed E-state index contributed by atoms with van der Waals surface area (Å²) in [6, 6.07) is 3.88. The minimum atomic E-state index is 0.836. The molecule has 0 aromatic carbocycles. The molecule has 1 aromatic rings. The average Bonchev–Trinajstić information content (AvgIpc) is 2.37. The highest BCUT2D eigenvalue weighted by atomic mass is 32.2. The zero-order valence-corrected chi connectivity index (χ0v) is 12.1. The van der Waals surface area contributed by atoms with Gasteiger partial charge >= 0.3 is 0 Å². The fourth-order valence-electron chi connectivity index (χ4n) is 5.00. The second-order valence-electron chi connectivity index (χ2n) is 6.83. The molecular formula is C16H22N2S. The molecule has 0 amide bonds. The van der Waals surface area contributed by atoms with Crippen molar-refractivity contribution in [1.29, 1.82) is 0 Å². The van der Waals surface area contributed by atoms with E-state index < -0.39 is 0 Å². The SMILES string of the molecule is Nc1ccnc(SCC2C3CC4CC(C3)CC2C4)c1. The normalized spacial score (nSPS) is 39.7. The number of pyridine rings is 1. The third kappa shape index (κ3) is 2.26. The lowest BCUT2D eigenvalue weighted by Crippen LogP contribution is -2.45. The van der Waals surface area contributed by atoms with Gasteiger partial charge in [0.2, 0.25) is 0 Å². The first-order valence-corrected chi connectivity index (χ1v) is 8.61. The van der Waals surface area contributed by atoms with Crippen LogP contribution in [0.1, 0.15) is 32.1 Å². The van der Waals surface area contributed by atoms with Crippen molar-refractivity contribution in [3.8, 4) is 0 Å². The van der Waals surface area contributed by atoms with Gasteiger partial charge in [0.25, 0.3) is 0 Å². The largest absolute Gasteiger partial charge is 0.399 e. The zero-order chi connectivity index (χ0) is 12.8. The maximum atomic E-state index is 5.83. The Hall–Kier alpha value is -0.700. The van der Waals surface area contributed by atoms with Crippen molar-refractivity contribution in [2.75, 3.05) is 11.5 Å². The minimum absolute atomic E-state index is 0.836. The molecule has 1 heterocycles. The first kappa shape index (κ1) is 12.1. The highest BCUT2D eigenvalue weighted by molar-refractivity contribution is 7.99. The molecule has 1 aromatic heterocycles. The van der Waals surface area contributed by atoms with Gasteiger partial charge in [0.05, 0.1) is 5.03 Å². The summed E-state index contributed by atoms with van der Waals surface area (Å²) in [6.07, 6.45) is 9.44. The van der Waals surface area contributed by atoms with E-state index in [4.69, 9.17) is 5.73 Å². The Morgan fingerprint density at radius 1 is 1.11 bits per heavy atom. The third-order valence-corrected chi connectivity index (χ3v) is 6.68. The van der Waals surface area contributed by atoms with Crippen LogP contribution in [0.25, 0.3) is 0 Å². The molecule has 0 unspecified atom stereocenters. The molecule has 19 heavy (non-hydrogen) atoms. The molecule has 4 saturated carbocycles. The average molecular weight is 274 g/mol. The third-order valence-electron chi connectivity index (χ3n) is 5.60. The van der Waals surface area contributed by atoms with E-state index in [0.717, 1.165) is 40.3 Å². The van der Waals surface area contributed by atoms with E-state index in [9.17, 15) is 0 Å². The monoisotopic (exact) mass is 274 g/mol. The van der Waals surface area contributed by atoms with Crippen LogP contribution in [0, 0.1) is 29.6 Å². The van der Waals surface area contributed by atoms with Crippen molar-refractivity contribution in [2.24, 2.45) is 29.6 Å². The van der Waals surface area contributed by atoms with Crippen molar-refractivity contribution >= 4 is 17.4 Å². The van der Waals surface area contributed by atoms with E-state index >= 15 is 0 Å². The number of nitrogen functional groups attached to an aromatic ring is 1. The molecule has 2 N–H and O–H groups in total. The zero-order valence-electron chi connectivity index (χ0n) is 11.3. The number of hydrogen-bond acceptors (Lipinski definition) is 3. The molecule has 0 radical (unpaired) electrons. The van der Waals surface area contributed by atoms with Crippen LogP contribution in [-0.2, 0) is 0 Å². The summed E-state index contributed by atoms with van der Waals surface area (Å²) in [5.74, 6) is 6.39. The fraction of sp³-hybridized carbons (Fsp3) is 0.688. The molecule has 4 fully saturated rings. The number of nitrogens with two attached hydrogens (primary N) is 1. The maximum Gasteiger partial charge on any atom is 0.0980 e. The van der Waals surface area contributed by atoms with Gasteiger partial charge < -0.3 is 5.73 Å². The smallest absolute Gasteiger partial charge is 0.0980 e. The van der Waals surface area contributed by atoms with Crippen molar-refractivity contribution in [3.05, 3.63) is 18.3 Å². The van der Waals surface area contributed by atoms with Crippen LogP contribution < -0.4 is 5.73 Å². The number of aromatic nitrogens is 1. The molecule has 102 valence electrons.